The lowest BCUT2D eigenvalue weighted by molar-refractivity contribution is 0.354. The van der Waals surface area contributed by atoms with Gasteiger partial charge in [-0.3, -0.25) is 0 Å². The number of benzene rings is 2. The van der Waals surface area contributed by atoms with E-state index in [1.807, 2.05) is 30.3 Å². The molecule has 0 aliphatic rings. The maximum atomic E-state index is 5.99. The number of halogens is 1. The van der Waals surface area contributed by atoms with Gasteiger partial charge in [-0.25, -0.2) is 4.99 Å². The minimum absolute atomic E-state index is 0.328. The fraction of sp³-hybridized carbons (Fsp3) is 0.250. The molecule has 3 rings (SSSR count). The van der Waals surface area contributed by atoms with Crippen LogP contribution in [0.3, 0.4) is 0 Å². The molecule has 0 radical (unpaired) electrons. The molecular weight excluding hydrogens is 394 g/mol. The van der Waals surface area contributed by atoms with Crippen LogP contribution >= 0.6 is 11.6 Å². The second kappa shape index (κ2) is 9.79. The first-order valence-electron chi connectivity index (χ1n) is 8.92. The minimum Gasteiger partial charge on any atom is -0.493 e. The van der Waals surface area contributed by atoms with E-state index >= 15 is 0 Å². The molecule has 3 N–H and O–H groups in total. The largest absolute Gasteiger partial charge is 0.493 e. The Bertz CT molecular complexity index is 990. The summed E-state index contributed by atoms with van der Waals surface area (Å²) in [7, 11) is 3.19. The molecule has 0 amide bonds. The number of guanidine groups is 1. The molecule has 2 aromatic carbocycles. The standard InChI is InChI=1S/C20H22ClN5O3/c1-27-16-7-6-13(10-17(16)28-2)12-24-20(22)23-9-8-18-25-19(26-29-18)14-4-3-5-15(21)11-14/h3-7,10-11H,8-9,12H2,1-2H3,(H3,22,23,24). The number of nitrogens with two attached hydrogens (primary N) is 1. The van der Waals surface area contributed by atoms with Gasteiger partial charge in [-0.05, 0) is 29.8 Å². The van der Waals surface area contributed by atoms with Crippen molar-refractivity contribution in [3.63, 3.8) is 0 Å². The second-order valence-electron chi connectivity index (χ2n) is 6.09. The summed E-state index contributed by atoms with van der Waals surface area (Å²) >= 11 is 5.99. The van der Waals surface area contributed by atoms with Gasteiger partial charge in [0.1, 0.15) is 0 Å². The molecule has 3 aromatic rings. The van der Waals surface area contributed by atoms with Crippen molar-refractivity contribution in [1.82, 2.24) is 15.5 Å². The van der Waals surface area contributed by atoms with Gasteiger partial charge in [-0.1, -0.05) is 35.0 Å². The molecule has 0 unspecified atom stereocenters. The maximum absolute atomic E-state index is 5.99. The third-order valence-corrected chi connectivity index (χ3v) is 4.31. The molecule has 0 fully saturated rings. The number of ether oxygens (including phenoxy) is 2. The minimum atomic E-state index is 0.328. The van der Waals surface area contributed by atoms with E-state index in [4.69, 9.17) is 31.3 Å². The molecule has 29 heavy (non-hydrogen) atoms. The van der Waals surface area contributed by atoms with E-state index in [0.29, 0.717) is 53.7 Å². The molecule has 0 aliphatic heterocycles. The maximum Gasteiger partial charge on any atom is 0.228 e. The number of nitrogens with one attached hydrogen (secondary N) is 1. The number of nitrogens with zero attached hydrogens (tertiary/aromatic N) is 3. The summed E-state index contributed by atoms with van der Waals surface area (Å²) < 4.78 is 15.8. The average molecular weight is 416 g/mol. The van der Waals surface area contributed by atoms with Crippen molar-refractivity contribution < 1.29 is 14.0 Å². The number of methoxy groups -OCH3 is 2. The number of hydrogen-bond acceptors (Lipinski definition) is 6. The normalized spacial score (nSPS) is 11.3. The van der Waals surface area contributed by atoms with Crippen LogP contribution in [-0.4, -0.2) is 36.9 Å². The van der Waals surface area contributed by atoms with Gasteiger partial charge in [-0.15, -0.1) is 0 Å². The molecule has 0 saturated carbocycles. The SMILES string of the molecule is COc1ccc(CN=C(N)NCCc2nc(-c3cccc(Cl)c3)no2)cc1OC. The highest BCUT2D eigenvalue weighted by Gasteiger charge is 2.09. The van der Waals surface area contributed by atoms with E-state index in [-0.39, 0.29) is 0 Å². The van der Waals surface area contributed by atoms with Gasteiger partial charge in [0, 0.05) is 23.6 Å². The Morgan fingerprint density at radius 1 is 1.17 bits per heavy atom. The highest BCUT2D eigenvalue weighted by molar-refractivity contribution is 6.30. The van der Waals surface area contributed by atoms with E-state index in [2.05, 4.69) is 20.4 Å². The first-order chi connectivity index (χ1) is 14.1. The molecule has 0 spiro atoms. The third-order valence-electron chi connectivity index (χ3n) is 4.08. The summed E-state index contributed by atoms with van der Waals surface area (Å²) in [5.41, 5.74) is 7.68. The fourth-order valence-corrected chi connectivity index (χ4v) is 2.80. The van der Waals surface area contributed by atoms with Crippen molar-refractivity contribution in [3.05, 3.63) is 58.9 Å². The highest BCUT2D eigenvalue weighted by atomic mass is 35.5. The predicted octanol–water partition coefficient (Wildman–Crippen LogP) is 3.05. The molecule has 1 heterocycles. The topological polar surface area (TPSA) is 108 Å². The average Bonchev–Trinajstić information content (AvgIpc) is 3.21. The third kappa shape index (κ3) is 5.61. The summed E-state index contributed by atoms with van der Waals surface area (Å²) in [6.07, 6.45) is 0.514. The number of aromatic nitrogens is 2. The Hall–Kier alpha value is -3.26. The Morgan fingerprint density at radius 2 is 2.00 bits per heavy atom. The molecule has 0 bridgehead atoms. The van der Waals surface area contributed by atoms with E-state index in [1.165, 1.54) is 0 Å². The molecule has 0 aliphatic carbocycles. The highest BCUT2D eigenvalue weighted by Crippen LogP contribution is 2.27. The van der Waals surface area contributed by atoms with Gasteiger partial charge < -0.3 is 25.0 Å². The molecule has 8 nitrogen and oxygen atoms in total. The van der Waals surface area contributed by atoms with Crippen LogP contribution in [0.2, 0.25) is 5.02 Å². The van der Waals surface area contributed by atoms with Gasteiger partial charge in [0.15, 0.2) is 17.5 Å². The van der Waals surface area contributed by atoms with Crippen molar-refractivity contribution in [3.8, 4) is 22.9 Å². The number of aliphatic imine (C=N–C) groups is 1. The van der Waals surface area contributed by atoms with Gasteiger partial charge in [0.05, 0.1) is 20.8 Å². The zero-order valence-corrected chi connectivity index (χ0v) is 16.9. The molecule has 1 aromatic heterocycles. The van der Waals surface area contributed by atoms with Crippen LogP contribution in [0.1, 0.15) is 11.5 Å². The molecule has 0 saturated heterocycles. The van der Waals surface area contributed by atoms with Crippen molar-refractivity contribution in [1.29, 1.82) is 0 Å². The van der Waals surface area contributed by atoms with E-state index in [1.54, 1.807) is 26.4 Å². The summed E-state index contributed by atoms with van der Waals surface area (Å²) in [5, 5.41) is 7.63. The lowest BCUT2D eigenvalue weighted by atomic mass is 10.2. The molecule has 152 valence electrons. The quantitative estimate of drug-likeness (QED) is 0.430. The molecule has 0 atom stereocenters. The second-order valence-corrected chi connectivity index (χ2v) is 6.53. The first-order valence-corrected chi connectivity index (χ1v) is 9.30. The van der Waals surface area contributed by atoms with Crippen molar-refractivity contribution in [2.75, 3.05) is 20.8 Å². The smallest absolute Gasteiger partial charge is 0.228 e. The van der Waals surface area contributed by atoms with E-state index in [9.17, 15) is 0 Å². The fourth-order valence-electron chi connectivity index (χ4n) is 2.61. The molecular formula is C20H22ClN5O3. The summed E-state index contributed by atoms with van der Waals surface area (Å²) in [6, 6.07) is 12.9. The number of rotatable bonds is 8. The number of hydrogen-bond donors (Lipinski definition) is 2. The van der Waals surface area contributed by atoms with Gasteiger partial charge in [0.2, 0.25) is 11.7 Å². The Morgan fingerprint density at radius 3 is 2.76 bits per heavy atom. The summed E-state index contributed by atoms with van der Waals surface area (Å²) in [6.45, 7) is 0.928. The van der Waals surface area contributed by atoms with E-state index in [0.717, 1.165) is 11.1 Å². The van der Waals surface area contributed by atoms with Crippen molar-refractivity contribution in [2.45, 2.75) is 13.0 Å². The Labute approximate surface area is 173 Å². The van der Waals surface area contributed by atoms with Crippen LogP contribution in [-0.2, 0) is 13.0 Å². The van der Waals surface area contributed by atoms with Crippen LogP contribution in [0, 0.1) is 0 Å². The zero-order valence-electron chi connectivity index (χ0n) is 16.2. The van der Waals surface area contributed by atoms with Gasteiger partial charge in [0.25, 0.3) is 0 Å². The van der Waals surface area contributed by atoms with Gasteiger partial charge in [-0.2, -0.15) is 4.98 Å². The summed E-state index contributed by atoms with van der Waals surface area (Å²) in [5.74, 6) is 2.65. The van der Waals surface area contributed by atoms with Crippen molar-refractivity contribution in [2.24, 2.45) is 10.7 Å². The van der Waals surface area contributed by atoms with Crippen molar-refractivity contribution >= 4 is 17.6 Å². The Balaban J connectivity index is 1.50. The Kier molecular flexibility index (Phi) is 6.91. The first kappa shape index (κ1) is 20.5. The zero-order chi connectivity index (χ0) is 20.6. The van der Waals surface area contributed by atoms with Gasteiger partial charge >= 0.3 is 0 Å². The lowest BCUT2D eigenvalue weighted by Crippen LogP contribution is -2.33. The van der Waals surface area contributed by atoms with Crippen LogP contribution in [0.15, 0.2) is 52.0 Å². The van der Waals surface area contributed by atoms with E-state index < -0.39 is 0 Å². The van der Waals surface area contributed by atoms with Crippen LogP contribution in [0.25, 0.3) is 11.4 Å². The van der Waals surface area contributed by atoms with Crippen LogP contribution in [0.4, 0.5) is 0 Å². The van der Waals surface area contributed by atoms with Crippen LogP contribution in [0.5, 0.6) is 11.5 Å². The predicted molar refractivity (Wildman–Crippen MR) is 111 cm³/mol. The lowest BCUT2D eigenvalue weighted by Gasteiger charge is -2.09. The van der Waals surface area contributed by atoms with Crippen LogP contribution < -0.4 is 20.5 Å². The summed E-state index contributed by atoms with van der Waals surface area (Å²) in [4.78, 5) is 8.69. The molecule has 9 heteroatoms. The monoisotopic (exact) mass is 415 g/mol.